The summed E-state index contributed by atoms with van der Waals surface area (Å²) in [6.07, 6.45) is 6.30. The van der Waals surface area contributed by atoms with Crippen molar-refractivity contribution in [2.45, 2.75) is 12.8 Å². The number of rotatable bonds is 0. The van der Waals surface area contributed by atoms with E-state index in [0.717, 1.165) is 12.8 Å². The number of H-pyrrole nitrogens is 1. The molecule has 0 saturated heterocycles. The van der Waals surface area contributed by atoms with Gasteiger partial charge in [0.2, 0.25) is 0 Å². The number of hydrogen-bond donors (Lipinski definition) is 1. The Kier molecular flexibility index (Phi) is 1.20. The van der Waals surface area contributed by atoms with Crippen LogP contribution in [-0.4, -0.2) is 14.8 Å². The van der Waals surface area contributed by atoms with Gasteiger partial charge in [-0.1, -0.05) is 0 Å². The molecule has 2 aromatic rings. The van der Waals surface area contributed by atoms with E-state index in [-0.39, 0.29) is 0 Å². The summed E-state index contributed by atoms with van der Waals surface area (Å²) in [7, 11) is 2.08. The van der Waals surface area contributed by atoms with Crippen LogP contribution in [0.25, 0.3) is 11.4 Å². The standard InChI is InChI=1S/C10H11N3/c1-13-5-4-7-2-3-8-6-11-12-9(8)10(7)13/h4-6H,2-3H2,1H3,(H,11,12). The van der Waals surface area contributed by atoms with Gasteiger partial charge >= 0.3 is 0 Å². The Morgan fingerprint density at radius 1 is 1.38 bits per heavy atom. The van der Waals surface area contributed by atoms with E-state index < -0.39 is 0 Å². The summed E-state index contributed by atoms with van der Waals surface area (Å²) in [5, 5.41) is 7.15. The highest BCUT2D eigenvalue weighted by atomic mass is 15.1. The first-order valence-electron chi connectivity index (χ1n) is 4.53. The predicted octanol–water partition coefficient (Wildman–Crippen LogP) is 1.51. The van der Waals surface area contributed by atoms with Gasteiger partial charge in [-0.25, -0.2) is 0 Å². The topological polar surface area (TPSA) is 33.6 Å². The lowest BCUT2D eigenvalue weighted by molar-refractivity contribution is 0.882. The highest BCUT2D eigenvalue weighted by Crippen LogP contribution is 2.31. The van der Waals surface area contributed by atoms with E-state index >= 15 is 0 Å². The number of fused-ring (bicyclic) bond motifs is 3. The SMILES string of the molecule is Cn1ccc2c1-c1[nH]ncc1CC2. The fraction of sp³-hybridized carbons (Fsp3) is 0.300. The third-order valence-corrected chi connectivity index (χ3v) is 2.77. The maximum Gasteiger partial charge on any atom is 0.0849 e. The average molecular weight is 173 g/mol. The number of aromatic nitrogens is 3. The Morgan fingerprint density at radius 2 is 2.23 bits per heavy atom. The first kappa shape index (κ1) is 6.95. The Hall–Kier alpha value is -1.51. The molecule has 1 N–H and O–H groups in total. The summed E-state index contributed by atoms with van der Waals surface area (Å²) >= 11 is 0. The molecular formula is C10H11N3. The van der Waals surface area contributed by atoms with Crippen LogP contribution in [0.15, 0.2) is 18.5 Å². The van der Waals surface area contributed by atoms with E-state index in [1.807, 2.05) is 6.20 Å². The number of aromatic amines is 1. The maximum atomic E-state index is 4.09. The van der Waals surface area contributed by atoms with E-state index in [9.17, 15) is 0 Å². The van der Waals surface area contributed by atoms with Crippen molar-refractivity contribution in [2.24, 2.45) is 7.05 Å². The summed E-state index contributed by atoms with van der Waals surface area (Å²) in [5.41, 5.74) is 5.28. The lowest BCUT2D eigenvalue weighted by Gasteiger charge is -2.13. The lowest BCUT2D eigenvalue weighted by atomic mass is 9.96. The molecule has 0 aliphatic heterocycles. The van der Waals surface area contributed by atoms with Crippen LogP contribution < -0.4 is 0 Å². The van der Waals surface area contributed by atoms with E-state index in [1.54, 1.807) is 0 Å². The average Bonchev–Trinajstić information content (AvgIpc) is 2.70. The molecule has 0 aromatic carbocycles. The third-order valence-electron chi connectivity index (χ3n) is 2.77. The zero-order valence-electron chi connectivity index (χ0n) is 7.54. The molecule has 0 spiro atoms. The molecule has 0 unspecified atom stereocenters. The van der Waals surface area contributed by atoms with Crippen LogP contribution in [-0.2, 0) is 19.9 Å². The Morgan fingerprint density at radius 3 is 3.15 bits per heavy atom. The summed E-state index contributed by atoms with van der Waals surface area (Å²) in [4.78, 5) is 0. The molecular weight excluding hydrogens is 162 g/mol. The number of aryl methyl sites for hydroxylation is 3. The van der Waals surface area contributed by atoms with Crippen LogP contribution in [0.4, 0.5) is 0 Å². The number of nitrogens with one attached hydrogen (secondary N) is 1. The molecule has 0 radical (unpaired) electrons. The second-order valence-electron chi connectivity index (χ2n) is 3.57. The molecule has 0 bridgehead atoms. The van der Waals surface area contributed by atoms with Gasteiger partial charge in [0.15, 0.2) is 0 Å². The smallest absolute Gasteiger partial charge is 0.0849 e. The van der Waals surface area contributed by atoms with Crippen LogP contribution in [0.3, 0.4) is 0 Å². The minimum atomic E-state index is 1.11. The van der Waals surface area contributed by atoms with Crippen molar-refractivity contribution in [1.82, 2.24) is 14.8 Å². The van der Waals surface area contributed by atoms with E-state index in [2.05, 4.69) is 34.1 Å². The molecule has 0 saturated carbocycles. The molecule has 66 valence electrons. The van der Waals surface area contributed by atoms with Crippen LogP contribution in [0.2, 0.25) is 0 Å². The van der Waals surface area contributed by atoms with Crippen molar-refractivity contribution in [3.05, 3.63) is 29.6 Å². The van der Waals surface area contributed by atoms with Gasteiger partial charge in [-0.2, -0.15) is 5.10 Å². The minimum Gasteiger partial charge on any atom is -0.349 e. The molecule has 0 amide bonds. The Bertz CT molecular complexity index is 450. The van der Waals surface area contributed by atoms with Gasteiger partial charge in [0.25, 0.3) is 0 Å². The molecule has 0 atom stereocenters. The molecule has 1 aliphatic rings. The minimum absolute atomic E-state index is 1.11. The molecule has 3 heteroatoms. The molecule has 13 heavy (non-hydrogen) atoms. The van der Waals surface area contributed by atoms with Crippen LogP contribution in [0.5, 0.6) is 0 Å². The first-order valence-corrected chi connectivity index (χ1v) is 4.53. The van der Waals surface area contributed by atoms with Gasteiger partial charge in [-0.3, -0.25) is 5.10 Å². The molecule has 2 aromatic heterocycles. The van der Waals surface area contributed by atoms with Crippen molar-refractivity contribution in [3.8, 4) is 11.4 Å². The fourth-order valence-corrected chi connectivity index (χ4v) is 2.10. The highest BCUT2D eigenvalue weighted by Gasteiger charge is 2.19. The third kappa shape index (κ3) is 0.813. The number of nitrogens with zero attached hydrogens (tertiary/aromatic N) is 2. The monoisotopic (exact) mass is 173 g/mol. The maximum absolute atomic E-state index is 4.09. The fourth-order valence-electron chi connectivity index (χ4n) is 2.10. The molecule has 3 nitrogen and oxygen atoms in total. The zero-order valence-corrected chi connectivity index (χ0v) is 7.54. The van der Waals surface area contributed by atoms with E-state index in [4.69, 9.17) is 0 Å². The van der Waals surface area contributed by atoms with Crippen LogP contribution >= 0.6 is 0 Å². The predicted molar refractivity (Wildman–Crippen MR) is 50.4 cm³/mol. The Labute approximate surface area is 76.4 Å². The van der Waals surface area contributed by atoms with Gasteiger partial charge in [0.1, 0.15) is 0 Å². The quantitative estimate of drug-likeness (QED) is 0.643. The van der Waals surface area contributed by atoms with Crippen LogP contribution in [0, 0.1) is 0 Å². The van der Waals surface area contributed by atoms with E-state index in [0.29, 0.717) is 0 Å². The van der Waals surface area contributed by atoms with Gasteiger partial charge in [0, 0.05) is 13.2 Å². The summed E-state index contributed by atoms with van der Waals surface area (Å²) in [6.45, 7) is 0. The van der Waals surface area contributed by atoms with Gasteiger partial charge in [-0.15, -0.1) is 0 Å². The Balaban J connectivity index is 2.34. The van der Waals surface area contributed by atoms with Crippen molar-refractivity contribution in [3.63, 3.8) is 0 Å². The molecule has 0 fully saturated rings. The van der Waals surface area contributed by atoms with E-state index in [1.165, 1.54) is 22.5 Å². The van der Waals surface area contributed by atoms with Crippen molar-refractivity contribution in [1.29, 1.82) is 0 Å². The van der Waals surface area contributed by atoms with Gasteiger partial charge in [0.05, 0.1) is 17.6 Å². The normalized spacial score (nSPS) is 13.9. The van der Waals surface area contributed by atoms with Crippen molar-refractivity contribution < 1.29 is 0 Å². The summed E-state index contributed by atoms with van der Waals surface area (Å²) < 4.78 is 2.16. The lowest BCUT2D eigenvalue weighted by Crippen LogP contribution is -2.03. The zero-order chi connectivity index (χ0) is 8.84. The van der Waals surface area contributed by atoms with Crippen LogP contribution in [0.1, 0.15) is 11.1 Å². The van der Waals surface area contributed by atoms with Gasteiger partial charge < -0.3 is 4.57 Å². The first-order chi connectivity index (χ1) is 6.36. The summed E-state index contributed by atoms with van der Waals surface area (Å²) in [5.74, 6) is 0. The summed E-state index contributed by atoms with van der Waals surface area (Å²) in [6, 6.07) is 2.19. The molecule has 2 heterocycles. The second-order valence-corrected chi connectivity index (χ2v) is 3.57. The number of hydrogen-bond acceptors (Lipinski definition) is 1. The molecule has 3 rings (SSSR count). The highest BCUT2D eigenvalue weighted by molar-refractivity contribution is 5.66. The van der Waals surface area contributed by atoms with Crippen molar-refractivity contribution in [2.75, 3.05) is 0 Å². The largest absolute Gasteiger partial charge is 0.349 e. The van der Waals surface area contributed by atoms with Gasteiger partial charge in [-0.05, 0) is 30.0 Å². The second kappa shape index (κ2) is 2.25. The van der Waals surface area contributed by atoms with Crippen molar-refractivity contribution >= 4 is 0 Å². The molecule has 1 aliphatic carbocycles.